The summed E-state index contributed by atoms with van der Waals surface area (Å²) in [7, 11) is 1.85. The highest BCUT2D eigenvalue weighted by Gasteiger charge is 2.32. The number of nitrogens with one attached hydrogen (secondary N) is 1. The van der Waals surface area contributed by atoms with Crippen LogP contribution < -0.4 is 5.32 Å². The first-order valence-corrected chi connectivity index (χ1v) is 7.94. The molecular formula is C17H24ClF3N2O. The maximum Gasteiger partial charge on any atom is 0.416 e. The van der Waals surface area contributed by atoms with E-state index in [-0.39, 0.29) is 36.7 Å². The first kappa shape index (κ1) is 20.8. The minimum Gasteiger partial charge on any atom is -0.338 e. The normalized spacial score (nSPS) is 19.0. The van der Waals surface area contributed by atoms with Crippen molar-refractivity contribution < 1.29 is 18.0 Å². The number of likely N-dealkylation sites (N-methyl/N-ethyl adjacent to an activating group) is 1. The second-order valence-corrected chi connectivity index (χ2v) is 6.17. The molecule has 0 aliphatic carbocycles. The molecule has 2 atom stereocenters. The van der Waals surface area contributed by atoms with Crippen LogP contribution in [0.4, 0.5) is 13.2 Å². The predicted octanol–water partition coefficient (Wildman–Crippen LogP) is 3.83. The SMILES string of the molecule is CNCC1CCCN1C(=O)CC(C)c1cccc(C(F)(F)F)c1.Cl. The van der Waals surface area contributed by atoms with Crippen LogP contribution in [-0.2, 0) is 11.0 Å². The molecule has 136 valence electrons. The number of likely N-dealkylation sites (tertiary alicyclic amines) is 1. The van der Waals surface area contributed by atoms with Crippen molar-refractivity contribution in [2.24, 2.45) is 0 Å². The molecule has 1 aromatic rings. The van der Waals surface area contributed by atoms with Gasteiger partial charge in [0, 0.05) is 25.6 Å². The van der Waals surface area contributed by atoms with Gasteiger partial charge in [-0.3, -0.25) is 4.79 Å². The van der Waals surface area contributed by atoms with Gasteiger partial charge in [-0.2, -0.15) is 13.2 Å². The summed E-state index contributed by atoms with van der Waals surface area (Å²) in [6.45, 7) is 3.29. The Morgan fingerprint density at radius 1 is 1.42 bits per heavy atom. The third-order valence-electron chi connectivity index (χ3n) is 4.40. The van der Waals surface area contributed by atoms with E-state index in [4.69, 9.17) is 0 Å². The number of hydrogen-bond acceptors (Lipinski definition) is 2. The summed E-state index contributed by atoms with van der Waals surface area (Å²) in [6, 6.07) is 5.46. The largest absolute Gasteiger partial charge is 0.416 e. The molecule has 1 amide bonds. The second-order valence-electron chi connectivity index (χ2n) is 6.17. The number of alkyl halides is 3. The van der Waals surface area contributed by atoms with E-state index in [0.717, 1.165) is 38.1 Å². The van der Waals surface area contributed by atoms with Crippen LogP contribution in [0.1, 0.15) is 43.2 Å². The Balaban J connectivity index is 0.00000288. The van der Waals surface area contributed by atoms with Gasteiger partial charge in [0.25, 0.3) is 0 Å². The zero-order valence-corrected chi connectivity index (χ0v) is 14.7. The number of carbonyl (C=O) groups is 1. The van der Waals surface area contributed by atoms with Gasteiger partial charge in [0.05, 0.1) is 5.56 Å². The van der Waals surface area contributed by atoms with Crippen LogP contribution in [0.25, 0.3) is 0 Å². The lowest BCUT2D eigenvalue weighted by Gasteiger charge is -2.26. The van der Waals surface area contributed by atoms with Crippen molar-refractivity contribution in [1.29, 1.82) is 0 Å². The van der Waals surface area contributed by atoms with E-state index < -0.39 is 11.7 Å². The summed E-state index contributed by atoms with van der Waals surface area (Å²) in [6.07, 6.45) is -2.16. The third kappa shape index (κ3) is 5.11. The zero-order valence-electron chi connectivity index (χ0n) is 13.9. The number of benzene rings is 1. The number of hydrogen-bond donors (Lipinski definition) is 1. The van der Waals surface area contributed by atoms with Gasteiger partial charge in [0.15, 0.2) is 0 Å². The molecule has 0 aromatic heterocycles. The number of halogens is 4. The molecule has 1 aromatic carbocycles. The Morgan fingerprint density at radius 2 is 2.12 bits per heavy atom. The van der Waals surface area contributed by atoms with Gasteiger partial charge in [-0.25, -0.2) is 0 Å². The molecule has 1 aliphatic rings. The molecule has 2 rings (SSSR count). The summed E-state index contributed by atoms with van der Waals surface area (Å²) < 4.78 is 38.4. The molecule has 1 aliphatic heterocycles. The van der Waals surface area contributed by atoms with Gasteiger partial charge in [0.1, 0.15) is 0 Å². The highest BCUT2D eigenvalue weighted by molar-refractivity contribution is 5.85. The summed E-state index contributed by atoms with van der Waals surface area (Å²) in [4.78, 5) is 14.3. The van der Waals surface area contributed by atoms with Crippen LogP contribution in [-0.4, -0.2) is 37.0 Å². The van der Waals surface area contributed by atoms with E-state index in [9.17, 15) is 18.0 Å². The van der Waals surface area contributed by atoms with Crippen molar-refractivity contribution in [2.75, 3.05) is 20.1 Å². The van der Waals surface area contributed by atoms with E-state index in [1.807, 2.05) is 11.9 Å². The molecule has 1 N–H and O–H groups in total. The molecule has 0 spiro atoms. The lowest BCUT2D eigenvalue weighted by Crippen LogP contribution is -2.41. The fourth-order valence-electron chi connectivity index (χ4n) is 3.13. The number of carbonyl (C=O) groups excluding carboxylic acids is 1. The fraction of sp³-hybridized carbons (Fsp3) is 0.588. The van der Waals surface area contributed by atoms with Crippen LogP contribution in [0.2, 0.25) is 0 Å². The summed E-state index contributed by atoms with van der Waals surface area (Å²) in [5.41, 5.74) is -0.110. The van der Waals surface area contributed by atoms with Crippen LogP contribution in [0, 0.1) is 0 Å². The molecule has 3 nitrogen and oxygen atoms in total. The van der Waals surface area contributed by atoms with Crippen molar-refractivity contribution >= 4 is 18.3 Å². The summed E-state index contributed by atoms with van der Waals surface area (Å²) in [5, 5.41) is 3.08. The van der Waals surface area contributed by atoms with Crippen LogP contribution in [0.5, 0.6) is 0 Å². The van der Waals surface area contributed by atoms with Gasteiger partial charge in [-0.1, -0.05) is 25.1 Å². The Labute approximate surface area is 147 Å². The van der Waals surface area contributed by atoms with Crippen molar-refractivity contribution in [3.05, 3.63) is 35.4 Å². The quantitative estimate of drug-likeness (QED) is 0.861. The van der Waals surface area contributed by atoms with Crippen molar-refractivity contribution in [3.8, 4) is 0 Å². The molecule has 0 bridgehead atoms. The summed E-state index contributed by atoms with van der Waals surface area (Å²) >= 11 is 0. The third-order valence-corrected chi connectivity index (χ3v) is 4.40. The smallest absolute Gasteiger partial charge is 0.338 e. The molecular weight excluding hydrogens is 341 g/mol. The highest BCUT2D eigenvalue weighted by atomic mass is 35.5. The fourth-order valence-corrected chi connectivity index (χ4v) is 3.13. The van der Waals surface area contributed by atoms with E-state index in [2.05, 4.69) is 5.32 Å². The Kier molecular flexibility index (Phi) is 7.55. The summed E-state index contributed by atoms with van der Waals surface area (Å²) in [5.74, 6) is -0.215. The van der Waals surface area contributed by atoms with Gasteiger partial charge in [-0.05, 0) is 37.4 Å². The van der Waals surface area contributed by atoms with Crippen LogP contribution in [0.15, 0.2) is 24.3 Å². The van der Waals surface area contributed by atoms with Gasteiger partial charge in [0.2, 0.25) is 5.91 Å². The molecule has 1 fully saturated rings. The first-order valence-electron chi connectivity index (χ1n) is 7.94. The lowest BCUT2D eigenvalue weighted by atomic mass is 9.95. The van der Waals surface area contributed by atoms with E-state index >= 15 is 0 Å². The predicted molar refractivity (Wildman–Crippen MR) is 90.4 cm³/mol. The second kappa shape index (κ2) is 8.72. The monoisotopic (exact) mass is 364 g/mol. The topological polar surface area (TPSA) is 32.3 Å². The van der Waals surface area contributed by atoms with E-state index in [0.29, 0.717) is 5.56 Å². The molecule has 0 radical (unpaired) electrons. The standard InChI is InChI=1S/C17H23F3N2O.ClH/c1-12(13-5-3-6-14(10-13)17(18,19)20)9-16(23)22-8-4-7-15(22)11-21-2;/h3,5-6,10,12,15,21H,4,7-9,11H2,1-2H3;1H. The number of amides is 1. The minimum atomic E-state index is -4.35. The van der Waals surface area contributed by atoms with Crippen molar-refractivity contribution in [2.45, 2.75) is 44.3 Å². The van der Waals surface area contributed by atoms with Gasteiger partial charge in [-0.15, -0.1) is 12.4 Å². The van der Waals surface area contributed by atoms with Crippen LogP contribution >= 0.6 is 12.4 Å². The molecule has 7 heteroatoms. The molecule has 24 heavy (non-hydrogen) atoms. The Morgan fingerprint density at radius 3 is 2.75 bits per heavy atom. The van der Waals surface area contributed by atoms with Crippen molar-refractivity contribution in [3.63, 3.8) is 0 Å². The zero-order chi connectivity index (χ0) is 17.0. The van der Waals surface area contributed by atoms with E-state index in [1.54, 1.807) is 13.0 Å². The molecule has 1 heterocycles. The van der Waals surface area contributed by atoms with Gasteiger partial charge < -0.3 is 10.2 Å². The maximum atomic E-state index is 12.8. The average molecular weight is 365 g/mol. The van der Waals surface area contributed by atoms with Crippen LogP contribution in [0.3, 0.4) is 0 Å². The average Bonchev–Trinajstić information content (AvgIpc) is 2.95. The minimum absolute atomic E-state index is 0. The first-order chi connectivity index (χ1) is 10.8. The van der Waals surface area contributed by atoms with E-state index in [1.165, 1.54) is 6.07 Å². The number of rotatable bonds is 5. The Bertz CT molecular complexity index is 551. The Hall–Kier alpha value is -1.27. The number of nitrogens with zero attached hydrogens (tertiary/aromatic N) is 1. The van der Waals surface area contributed by atoms with Crippen molar-refractivity contribution in [1.82, 2.24) is 10.2 Å². The molecule has 0 saturated carbocycles. The highest BCUT2D eigenvalue weighted by Crippen LogP contribution is 2.32. The maximum absolute atomic E-state index is 12.8. The molecule has 2 unspecified atom stereocenters. The lowest BCUT2D eigenvalue weighted by molar-refractivity contribution is -0.137. The van der Waals surface area contributed by atoms with Gasteiger partial charge >= 0.3 is 6.18 Å². The molecule has 1 saturated heterocycles.